The van der Waals surface area contributed by atoms with Gasteiger partial charge in [-0.3, -0.25) is 9.69 Å². The van der Waals surface area contributed by atoms with Gasteiger partial charge in [0.05, 0.1) is 24.0 Å². The summed E-state index contributed by atoms with van der Waals surface area (Å²) in [7, 11) is 2.05. The molecule has 2 aliphatic rings. The van der Waals surface area contributed by atoms with Gasteiger partial charge in [-0.15, -0.1) is 0 Å². The number of hydrogen-bond donors (Lipinski definition) is 0. The zero-order valence-electron chi connectivity index (χ0n) is 20.6. The monoisotopic (exact) mass is 515 g/mol. The third-order valence-electron chi connectivity index (χ3n) is 7.38. The van der Waals surface area contributed by atoms with Gasteiger partial charge in [-0.05, 0) is 64.9 Å². The van der Waals surface area contributed by atoms with Crippen molar-refractivity contribution in [2.45, 2.75) is 51.7 Å². The van der Waals surface area contributed by atoms with E-state index in [1.54, 1.807) is 6.07 Å². The summed E-state index contributed by atoms with van der Waals surface area (Å²) in [5.74, 6) is 1.05. The van der Waals surface area contributed by atoms with Gasteiger partial charge in [0, 0.05) is 35.7 Å². The molecule has 1 aromatic carbocycles. The molecule has 186 valence electrons. The Hall–Kier alpha value is -2.42. The molecule has 2 fully saturated rings. The van der Waals surface area contributed by atoms with Crippen LogP contribution in [0.2, 0.25) is 10.0 Å². The van der Waals surface area contributed by atoms with Crippen molar-refractivity contribution in [3.8, 4) is 0 Å². The van der Waals surface area contributed by atoms with E-state index < -0.39 is 0 Å². The lowest BCUT2D eigenvalue weighted by atomic mass is 10.1. The molecular formula is C25H31Cl2N7O. The SMILES string of the molecule is Cc1nn(C(C)c2ccc(Cl)cc2Cl)c2nc(N3CCN(C(=O)C4CCCN4C)C(C)C3)cnc12. The van der Waals surface area contributed by atoms with Crippen LogP contribution in [0.5, 0.6) is 0 Å². The van der Waals surface area contributed by atoms with Crippen molar-refractivity contribution in [3.05, 3.63) is 45.7 Å². The normalized spacial score (nSPS) is 22.2. The first-order valence-electron chi connectivity index (χ1n) is 12.2. The lowest BCUT2D eigenvalue weighted by Gasteiger charge is -2.42. The van der Waals surface area contributed by atoms with Crippen LogP contribution in [0.3, 0.4) is 0 Å². The number of rotatable bonds is 4. The lowest BCUT2D eigenvalue weighted by Crippen LogP contribution is -2.57. The van der Waals surface area contributed by atoms with Crippen molar-refractivity contribution >= 4 is 46.1 Å². The summed E-state index contributed by atoms with van der Waals surface area (Å²) < 4.78 is 1.88. The summed E-state index contributed by atoms with van der Waals surface area (Å²) in [5, 5.41) is 5.93. The highest BCUT2D eigenvalue weighted by molar-refractivity contribution is 6.35. The zero-order chi connectivity index (χ0) is 24.9. The van der Waals surface area contributed by atoms with E-state index in [-0.39, 0.29) is 24.0 Å². The van der Waals surface area contributed by atoms with E-state index in [1.807, 2.05) is 48.8 Å². The van der Waals surface area contributed by atoms with Crippen LogP contribution in [0, 0.1) is 6.92 Å². The van der Waals surface area contributed by atoms with Gasteiger partial charge in [0.15, 0.2) is 5.65 Å². The second-order valence-corrected chi connectivity index (χ2v) is 10.6. The molecule has 3 atom stereocenters. The van der Waals surface area contributed by atoms with Crippen LogP contribution in [0.15, 0.2) is 24.4 Å². The molecule has 0 aliphatic carbocycles. The van der Waals surface area contributed by atoms with Crippen molar-refractivity contribution in [1.29, 1.82) is 0 Å². The summed E-state index contributed by atoms with van der Waals surface area (Å²) in [6.07, 6.45) is 3.85. The molecule has 2 aromatic heterocycles. The first kappa shape index (κ1) is 24.3. The summed E-state index contributed by atoms with van der Waals surface area (Å²) in [5.41, 5.74) is 3.24. The largest absolute Gasteiger partial charge is 0.351 e. The second kappa shape index (κ2) is 9.56. The molecule has 3 unspecified atom stereocenters. The van der Waals surface area contributed by atoms with Crippen LogP contribution >= 0.6 is 23.2 Å². The maximum atomic E-state index is 13.2. The molecule has 10 heteroatoms. The topological polar surface area (TPSA) is 70.4 Å². The van der Waals surface area contributed by atoms with E-state index in [2.05, 4.69) is 16.7 Å². The van der Waals surface area contributed by atoms with E-state index in [1.165, 1.54) is 0 Å². The van der Waals surface area contributed by atoms with Gasteiger partial charge in [-0.25, -0.2) is 14.6 Å². The van der Waals surface area contributed by atoms with E-state index in [0.29, 0.717) is 23.1 Å². The fraction of sp³-hybridized carbons (Fsp3) is 0.520. The van der Waals surface area contributed by atoms with E-state index >= 15 is 0 Å². The number of hydrogen-bond acceptors (Lipinski definition) is 6. The number of fused-ring (bicyclic) bond motifs is 1. The first-order chi connectivity index (χ1) is 16.7. The molecule has 4 heterocycles. The summed E-state index contributed by atoms with van der Waals surface area (Å²) >= 11 is 12.6. The Morgan fingerprint density at radius 3 is 2.69 bits per heavy atom. The predicted molar refractivity (Wildman–Crippen MR) is 139 cm³/mol. The number of aromatic nitrogens is 4. The Bertz CT molecular complexity index is 1260. The molecule has 3 aromatic rings. The number of carbonyl (C=O) groups is 1. The molecule has 2 saturated heterocycles. The van der Waals surface area contributed by atoms with Crippen LogP contribution in [-0.2, 0) is 4.79 Å². The van der Waals surface area contributed by atoms with Gasteiger partial charge in [0.2, 0.25) is 5.91 Å². The summed E-state index contributed by atoms with van der Waals surface area (Å²) in [6.45, 7) is 9.21. The molecule has 2 aliphatic heterocycles. The molecule has 5 rings (SSSR count). The number of amides is 1. The molecule has 0 bridgehead atoms. The number of carbonyl (C=O) groups excluding carboxylic acids is 1. The molecule has 0 radical (unpaired) electrons. The Labute approximate surface area is 215 Å². The minimum atomic E-state index is -0.141. The van der Waals surface area contributed by atoms with Crippen LogP contribution in [0.4, 0.5) is 5.82 Å². The van der Waals surface area contributed by atoms with Gasteiger partial charge in [-0.1, -0.05) is 29.3 Å². The molecule has 35 heavy (non-hydrogen) atoms. The quantitative estimate of drug-likeness (QED) is 0.518. The van der Waals surface area contributed by atoms with Crippen molar-refractivity contribution < 1.29 is 4.79 Å². The van der Waals surface area contributed by atoms with Crippen molar-refractivity contribution in [2.75, 3.05) is 38.1 Å². The number of piperazine rings is 1. The van der Waals surface area contributed by atoms with Crippen molar-refractivity contribution in [3.63, 3.8) is 0 Å². The van der Waals surface area contributed by atoms with Crippen LogP contribution in [0.1, 0.15) is 44.0 Å². The minimum absolute atomic E-state index is 0.0126. The molecule has 0 N–H and O–H groups in total. The van der Waals surface area contributed by atoms with E-state index in [4.69, 9.17) is 38.3 Å². The average molecular weight is 516 g/mol. The molecule has 8 nitrogen and oxygen atoms in total. The van der Waals surface area contributed by atoms with Crippen LogP contribution < -0.4 is 4.90 Å². The third-order valence-corrected chi connectivity index (χ3v) is 7.94. The number of nitrogens with zero attached hydrogens (tertiary/aromatic N) is 7. The fourth-order valence-corrected chi connectivity index (χ4v) is 5.91. The minimum Gasteiger partial charge on any atom is -0.351 e. The number of anilines is 1. The first-order valence-corrected chi connectivity index (χ1v) is 12.9. The highest BCUT2D eigenvalue weighted by Gasteiger charge is 2.36. The second-order valence-electron chi connectivity index (χ2n) is 9.74. The molecule has 0 spiro atoms. The lowest BCUT2D eigenvalue weighted by molar-refractivity contribution is -0.138. The van der Waals surface area contributed by atoms with Gasteiger partial charge >= 0.3 is 0 Å². The summed E-state index contributed by atoms with van der Waals surface area (Å²) in [4.78, 5) is 29.3. The molecule has 1 amide bonds. The Kier molecular flexibility index (Phi) is 6.63. The number of halogens is 2. The van der Waals surface area contributed by atoms with Crippen LogP contribution in [-0.4, -0.2) is 80.8 Å². The van der Waals surface area contributed by atoms with E-state index in [0.717, 1.165) is 54.2 Å². The third kappa shape index (κ3) is 4.47. The Balaban J connectivity index is 1.39. The smallest absolute Gasteiger partial charge is 0.240 e. The average Bonchev–Trinajstić information content (AvgIpc) is 3.41. The predicted octanol–water partition coefficient (Wildman–Crippen LogP) is 4.18. The van der Waals surface area contributed by atoms with Crippen molar-refractivity contribution in [1.82, 2.24) is 29.5 Å². The van der Waals surface area contributed by atoms with Gasteiger partial charge in [0.25, 0.3) is 0 Å². The Morgan fingerprint density at radius 1 is 1.20 bits per heavy atom. The zero-order valence-corrected chi connectivity index (χ0v) is 22.1. The number of aryl methyl sites for hydroxylation is 1. The number of benzene rings is 1. The van der Waals surface area contributed by atoms with E-state index in [9.17, 15) is 4.79 Å². The van der Waals surface area contributed by atoms with Gasteiger partial charge in [0.1, 0.15) is 11.3 Å². The molecular weight excluding hydrogens is 485 g/mol. The fourth-order valence-electron chi connectivity index (χ4n) is 5.34. The summed E-state index contributed by atoms with van der Waals surface area (Å²) in [6, 6.07) is 5.48. The highest BCUT2D eigenvalue weighted by atomic mass is 35.5. The maximum absolute atomic E-state index is 13.2. The number of likely N-dealkylation sites (tertiary alicyclic amines) is 1. The Morgan fingerprint density at radius 2 is 2.00 bits per heavy atom. The van der Waals surface area contributed by atoms with Crippen LogP contribution in [0.25, 0.3) is 11.2 Å². The van der Waals surface area contributed by atoms with Crippen molar-refractivity contribution in [2.24, 2.45) is 0 Å². The number of likely N-dealkylation sites (N-methyl/N-ethyl adjacent to an activating group) is 1. The van der Waals surface area contributed by atoms with Gasteiger partial charge in [-0.2, -0.15) is 5.10 Å². The standard InChI is InChI=1S/C25H31Cl2N7O/c1-15-14-32(10-11-33(15)25(35)21-6-5-9-31(21)4)22-13-28-23-16(2)30-34(24(23)29-22)17(3)19-8-7-18(26)12-20(19)27/h7-8,12-13,15,17,21H,5-6,9-11,14H2,1-4H3. The molecule has 0 saturated carbocycles. The highest BCUT2D eigenvalue weighted by Crippen LogP contribution is 2.31. The maximum Gasteiger partial charge on any atom is 0.240 e. The van der Waals surface area contributed by atoms with Gasteiger partial charge < -0.3 is 9.80 Å².